The molecule has 0 heterocycles. The molecule has 2 nitrogen and oxygen atoms in total. The van der Waals surface area contributed by atoms with Gasteiger partial charge in [-0.25, -0.2) is 4.39 Å². The molecule has 0 aliphatic carbocycles. The van der Waals surface area contributed by atoms with E-state index in [9.17, 15) is 14.0 Å². The van der Waals surface area contributed by atoms with E-state index in [1.165, 1.54) is 19.1 Å². The highest BCUT2D eigenvalue weighted by Crippen LogP contribution is 2.13. The van der Waals surface area contributed by atoms with Crippen LogP contribution in [0, 0.1) is 9.39 Å². The lowest BCUT2D eigenvalue weighted by Gasteiger charge is -1.98. The molecule has 4 heteroatoms. The van der Waals surface area contributed by atoms with Gasteiger partial charge in [0.05, 0.1) is 5.56 Å². The molecule has 15 heavy (non-hydrogen) atoms. The molecule has 0 saturated carbocycles. The standard InChI is InChI=1S/C11H8FIO2/c1-7(14)2-5-11(15)9-6-8(13)3-4-10(9)12/h2-6H,1H3/b5-2+. The zero-order valence-electron chi connectivity index (χ0n) is 7.96. The molecule has 0 aliphatic heterocycles. The van der Waals surface area contributed by atoms with Crippen LogP contribution < -0.4 is 0 Å². The Hall–Kier alpha value is -1.04. The molecule has 0 spiro atoms. The summed E-state index contributed by atoms with van der Waals surface area (Å²) in [6.07, 6.45) is 2.21. The zero-order valence-corrected chi connectivity index (χ0v) is 10.1. The van der Waals surface area contributed by atoms with Crippen molar-refractivity contribution in [3.63, 3.8) is 0 Å². The van der Waals surface area contributed by atoms with Gasteiger partial charge in [0, 0.05) is 3.57 Å². The Kier molecular flexibility index (Phi) is 4.14. The highest BCUT2D eigenvalue weighted by molar-refractivity contribution is 14.1. The van der Waals surface area contributed by atoms with Crippen LogP contribution in [0.4, 0.5) is 4.39 Å². The van der Waals surface area contributed by atoms with Gasteiger partial charge in [-0.3, -0.25) is 9.59 Å². The lowest BCUT2D eigenvalue weighted by Crippen LogP contribution is -2.00. The number of carbonyl (C=O) groups is 2. The van der Waals surface area contributed by atoms with E-state index in [4.69, 9.17) is 0 Å². The van der Waals surface area contributed by atoms with Crippen LogP contribution in [0.25, 0.3) is 0 Å². The van der Waals surface area contributed by atoms with Gasteiger partial charge in [-0.1, -0.05) is 0 Å². The summed E-state index contributed by atoms with van der Waals surface area (Å²) in [4.78, 5) is 22.0. The Labute approximate surface area is 100 Å². The number of ketones is 2. The maximum absolute atomic E-state index is 13.2. The molecule has 0 radical (unpaired) electrons. The van der Waals surface area contributed by atoms with E-state index in [1.54, 1.807) is 6.07 Å². The van der Waals surface area contributed by atoms with Crippen molar-refractivity contribution in [1.29, 1.82) is 0 Å². The summed E-state index contributed by atoms with van der Waals surface area (Å²) in [5, 5.41) is 0. The summed E-state index contributed by atoms with van der Waals surface area (Å²) in [5.41, 5.74) is -0.0144. The molecule has 0 bridgehead atoms. The van der Waals surface area contributed by atoms with Crippen LogP contribution in [0.15, 0.2) is 30.4 Å². The van der Waals surface area contributed by atoms with E-state index in [-0.39, 0.29) is 11.3 Å². The number of rotatable bonds is 3. The lowest BCUT2D eigenvalue weighted by atomic mass is 10.1. The fourth-order valence-corrected chi connectivity index (χ4v) is 1.46. The fraction of sp³-hybridized carbons (Fsp3) is 0.0909. The van der Waals surface area contributed by atoms with E-state index < -0.39 is 11.6 Å². The molecule has 0 saturated heterocycles. The smallest absolute Gasteiger partial charge is 0.188 e. The van der Waals surface area contributed by atoms with E-state index in [0.717, 1.165) is 15.7 Å². The van der Waals surface area contributed by atoms with E-state index in [1.807, 2.05) is 22.6 Å². The van der Waals surface area contributed by atoms with Crippen molar-refractivity contribution in [2.24, 2.45) is 0 Å². The molecule has 0 unspecified atom stereocenters. The highest BCUT2D eigenvalue weighted by Gasteiger charge is 2.09. The summed E-state index contributed by atoms with van der Waals surface area (Å²) in [5.74, 6) is -1.32. The maximum Gasteiger partial charge on any atom is 0.188 e. The predicted molar refractivity (Wildman–Crippen MR) is 63.3 cm³/mol. The van der Waals surface area contributed by atoms with Crippen molar-refractivity contribution < 1.29 is 14.0 Å². The largest absolute Gasteiger partial charge is 0.295 e. The van der Waals surface area contributed by atoms with E-state index >= 15 is 0 Å². The van der Waals surface area contributed by atoms with Gasteiger partial charge >= 0.3 is 0 Å². The highest BCUT2D eigenvalue weighted by atomic mass is 127. The van der Waals surface area contributed by atoms with Crippen molar-refractivity contribution in [1.82, 2.24) is 0 Å². The molecule has 78 valence electrons. The van der Waals surface area contributed by atoms with Gasteiger partial charge in [0.2, 0.25) is 0 Å². The van der Waals surface area contributed by atoms with Gasteiger partial charge < -0.3 is 0 Å². The lowest BCUT2D eigenvalue weighted by molar-refractivity contribution is -0.112. The summed E-state index contributed by atoms with van der Waals surface area (Å²) >= 11 is 1.99. The van der Waals surface area contributed by atoms with Gasteiger partial charge in [-0.15, -0.1) is 0 Å². The van der Waals surface area contributed by atoms with Gasteiger partial charge in [0.1, 0.15) is 5.82 Å². The maximum atomic E-state index is 13.2. The minimum absolute atomic E-state index is 0.0144. The molecule has 0 atom stereocenters. The minimum Gasteiger partial charge on any atom is -0.295 e. The third kappa shape index (κ3) is 3.54. The van der Waals surface area contributed by atoms with Crippen LogP contribution >= 0.6 is 22.6 Å². The average molecular weight is 318 g/mol. The molecule has 0 aromatic heterocycles. The second-order valence-corrected chi connectivity index (χ2v) is 4.18. The molecule has 0 fully saturated rings. The summed E-state index contributed by atoms with van der Waals surface area (Å²) in [7, 11) is 0. The second-order valence-electron chi connectivity index (χ2n) is 2.93. The number of carbonyl (C=O) groups excluding carboxylic acids is 2. The quantitative estimate of drug-likeness (QED) is 0.488. The van der Waals surface area contributed by atoms with Crippen LogP contribution in [0.1, 0.15) is 17.3 Å². The van der Waals surface area contributed by atoms with Crippen LogP contribution in [0.2, 0.25) is 0 Å². The molecular weight excluding hydrogens is 310 g/mol. The molecular formula is C11H8FIO2. The van der Waals surface area contributed by atoms with Gasteiger partial charge in [0.25, 0.3) is 0 Å². The Morgan fingerprint density at radius 1 is 1.33 bits per heavy atom. The van der Waals surface area contributed by atoms with E-state index in [2.05, 4.69) is 0 Å². The number of hydrogen-bond acceptors (Lipinski definition) is 2. The average Bonchev–Trinajstić information content (AvgIpc) is 2.18. The van der Waals surface area contributed by atoms with Crippen LogP contribution in [0.3, 0.4) is 0 Å². The Morgan fingerprint density at radius 3 is 2.60 bits per heavy atom. The summed E-state index contributed by atoms with van der Waals surface area (Å²) in [6.45, 7) is 1.33. The normalized spacial score (nSPS) is 10.6. The molecule has 1 aromatic rings. The van der Waals surface area contributed by atoms with Gasteiger partial charge in [-0.05, 0) is 59.9 Å². The molecule has 1 rings (SSSR count). The fourth-order valence-electron chi connectivity index (χ4n) is 0.969. The monoisotopic (exact) mass is 318 g/mol. The van der Waals surface area contributed by atoms with Gasteiger partial charge in [0.15, 0.2) is 11.6 Å². The van der Waals surface area contributed by atoms with Crippen LogP contribution in [-0.4, -0.2) is 11.6 Å². The van der Waals surface area contributed by atoms with Crippen molar-refractivity contribution in [2.45, 2.75) is 6.92 Å². The Morgan fingerprint density at radius 2 is 2.00 bits per heavy atom. The van der Waals surface area contributed by atoms with Crippen LogP contribution in [-0.2, 0) is 4.79 Å². The van der Waals surface area contributed by atoms with Crippen molar-refractivity contribution in [3.05, 3.63) is 45.3 Å². The SMILES string of the molecule is CC(=O)/C=C/C(=O)c1cc(I)ccc1F. The second kappa shape index (κ2) is 5.16. The van der Waals surface area contributed by atoms with E-state index in [0.29, 0.717) is 0 Å². The summed E-state index contributed by atoms with van der Waals surface area (Å²) < 4.78 is 14.0. The molecule has 0 aliphatic rings. The Bertz CT molecular complexity index is 438. The Balaban J connectivity index is 3.01. The minimum atomic E-state index is -0.575. The van der Waals surface area contributed by atoms with Crippen molar-refractivity contribution >= 4 is 34.2 Å². The predicted octanol–water partition coefficient (Wildman–Crippen LogP) is 2.76. The first-order valence-corrected chi connectivity index (χ1v) is 5.26. The summed E-state index contributed by atoms with van der Waals surface area (Å²) in [6, 6.07) is 4.25. The number of allylic oxidation sites excluding steroid dienone is 2. The topological polar surface area (TPSA) is 34.1 Å². The van der Waals surface area contributed by atoms with Gasteiger partial charge in [-0.2, -0.15) is 0 Å². The third-order valence-corrected chi connectivity index (χ3v) is 2.33. The number of benzene rings is 1. The molecule has 1 aromatic carbocycles. The molecule has 0 amide bonds. The first-order valence-electron chi connectivity index (χ1n) is 4.18. The zero-order chi connectivity index (χ0) is 11.4. The molecule has 0 N–H and O–H groups in total. The first-order chi connectivity index (χ1) is 7.00. The first kappa shape index (κ1) is 12.0. The van der Waals surface area contributed by atoms with Crippen molar-refractivity contribution in [3.8, 4) is 0 Å². The number of hydrogen-bond donors (Lipinski definition) is 0. The number of halogens is 2. The third-order valence-electron chi connectivity index (χ3n) is 1.66. The van der Waals surface area contributed by atoms with Crippen molar-refractivity contribution in [2.75, 3.05) is 0 Å². The van der Waals surface area contributed by atoms with Crippen LogP contribution in [0.5, 0.6) is 0 Å².